The molecule has 0 aromatic rings. The van der Waals surface area contributed by atoms with Gasteiger partial charge < -0.3 is 17.7 Å². The highest BCUT2D eigenvalue weighted by molar-refractivity contribution is 6.92. The van der Waals surface area contributed by atoms with Crippen LogP contribution in [0.25, 0.3) is 0 Å². The van der Waals surface area contributed by atoms with Gasteiger partial charge in [0.15, 0.2) is 0 Å². The van der Waals surface area contributed by atoms with Crippen molar-refractivity contribution in [1.82, 2.24) is 0 Å². The maximum atomic E-state index is 5.54. The lowest BCUT2D eigenvalue weighted by Crippen LogP contribution is -2.57. The van der Waals surface area contributed by atoms with E-state index in [0.29, 0.717) is 0 Å². The van der Waals surface area contributed by atoms with E-state index < -0.39 is 17.1 Å². The Bertz CT molecular complexity index is 213. The van der Waals surface area contributed by atoms with Crippen molar-refractivity contribution >= 4 is 17.1 Å². The molecule has 0 N–H and O–H groups in total. The van der Waals surface area contributed by atoms with Crippen LogP contribution < -0.4 is 0 Å². The minimum absolute atomic E-state index is 0.000000000000000222. The molecule has 0 heterocycles. The lowest BCUT2D eigenvalue weighted by molar-refractivity contribution is 0.220. The van der Waals surface area contributed by atoms with Crippen molar-refractivity contribution in [2.75, 3.05) is 28.4 Å². The van der Waals surface area contributed by atoms with Crippen LogP contribution in [-0.4, -0.2) is 45.6 Å². The smallest absolute Gasteiger partial charge is 0.369 e. The third-order valence-corrected chi connectivity index (χ3v) is 11.6. The second-order valence-electron chi connectivity index (χ2n) is 3.39. The van der Waals surface area contributed by atoms with E-state index in [0.717, 1.165) is 0 Å². The van der Waals surface area contributed by atoms with Crippen molar-refractivity contribution in [1.29, 1.82) is 0 Å². The zero-order chi connectivity index (χ0) is 12.8. The molecule has 0 unspecified atom stereocenters. The molecule has 0 aliphatic carbocycles. The van der Waals surface area contributed by atoms with Crippen LogP contribution in [0.2, 0.25) is 5.16 Å². The molecule has 0 bridgehead atoms. The third-order valence-electron chi connectivity index (χ3n) is 3.05. The van der Waals surface area contributed by atoms with Gasteiger partial charge in [-0.25, -0.2) is 0 Å². The largest absolute Gasteiger partial charge is 0.395 e. The first-order chi connectivity index (χ1) is 7.52. The molecular weight excluding hydrogens is 240 g/mol. The van der Waals surface area contributed by atoms with Gasteiger partial charge in [-0.2, -0.15) is 0 Å². The van der Waals surface area contributed by atoms with Crippen LogP contribution >= 0.6 is 0 Å². The van der Waals surface area contributed by atoms with Crippen molar-refractivity contribution in [3.8, 4) is 0 Å². The topological polar surface area (TPSA) is 36.9 Å². The van der Waals surface area contributed by atoms with E-state index in [2.05, 4.69) is 13.2 Å². The molecule has 0 spiro atoms. The highest BCUT2D eigenvalue weighted by Gasteiger charge is 2.54. The van der Waals surface area contributed by atoms with E-state index in [4.69, 9.17) is 17.7 Å². The van der Waals surface area contributed by atoms with Crippen molar-refractivity contribution in [2.24, 2.45) is 0 Å². The first-order valence-electron chi connectivity index (χ1n) is 5.00. The van der Waals surface area contributed by atoms with Gasteiger partial charge in [-0.05, 0) is 11.4 Å². The predicted molar refractivity (Wildman–Crippen MR) is 69.4 cm³/mol. The number of rotatable bonds is 8. The average Bonchev–Trinajstić information content (AvgIpc) is 2.35. The summed E-state index contributed by atoms with van der Waals surface area (Å²) in [5.41, 5.74) is 3.50. The minimum Gasteiger partial charge on any atom is -0.395 e. The summed E-state index contributed by atoms with van der Waals surface area (Å²) >= 11 is 0. The quantitative estimate of drug-likeness (QED) is 0.626. The molecule has 4 nitrogen and oxygen atoms in total. The zero-order valence-electron chi connectivity index (χ0n) is 10.8. The zero-order valence-corrected chi connectivity index (χ0v) is 12.8. The fraction of sp³-hybridized carbons (Fsp3) is 0.600. The van der Waals surface area contributed by atoms with Crippen LogP contribution in [0.4, 0.5) is 0 Å². The Morgan fingerprint density at radius 1 is 0.812 bits per heavy atom. The molecule has 0 aliphatic heterocycles. The summed E-state index contributed by atoms with van der Waals surface area (Å²) in [6.07, 6.45) is 0. The van der Waals surface area contributed by atoms with Crippen LogP contribution in [0.1, 0.15) is 6.92 Å². The Morgan fingerprint density at radius 2 is 1.06 bits per heavy atom. The molecule has 0 aromatic carbocycles. The van der Waals surface area contributed by atoms with Crippen LogP contribution in [0.3, 0.4) is 0 Å². The summed E-state index contributed by atoms with van der Waals surface area (Å²) in [5.74, 6) is 0. The van der Waals surface area contributed by atoms with E-state index >= 15 is 0 Å². The summed E-state index contributed by atoms with van der Waals surface area (Å²) in [6, 6.07) is 0. The normalized spacial score (nSPS) is 12.9. The van der Waals surface area contributed by atoms with Gasteiger partial charge in [-0.1, -0.05) is 6.92 Å². The van der Waals surface area contributed by atoms with E-state index in [1.165, 1.54) is 0 Å². The second-order valence-corrected chi connectivity index (χ2v) is 11.0. The molecule has 6 heteroatoms. The summed E-state index contributed by atoms with van der Waals surface area (Å²) < 4.78 is 22.1. The summed E-state index contributed by atoms with van der Waals surface area (Å²) in [4.78, 5) is 0. The van der Waals surface area contributed by atoms with Gasteiger partial charge in [0.05, 0.1) is 5.16 Å². The fourth-order valence-electron chi connectivity index (χ4n) is 1.84. The van der Waals surface area contributed by atoms with Gasteiger partial charge in [0, 0.05) is 28.4 Å². The molecule has 0 atom stereocenters. The second kappa shape index (κ2) is 6.48. The van der Waals surface area contributed by atoms with E-state index in [-0.39, 0.29) is 5.16 Å². The minimum atomic E-state index is -2.51. The van der Waals surface area contributed by atoms with Gasteiger partial charge in [-0.15, -0.1) is 13.2 Å². The molecule has 0 radical (unpaired) electrons. The SMILES string of the molecule is C=C[Si](OC)(OC)C(C)[Si](C=C)(OC)OC. The van der Waals surface area contributed by atoms with Crippen molar-refractivity contribution < 1.29 is 17.7 Å². The molecule has 0 aromatic heterocycles. The van der Waals surface area contributed by atoms with Gasteiger partial charge in [0.25, 0.3) is 0 Å². The van der Waals surface area contributed by atoms with Crippen LogP contribution in [0.5, 0.6) is 0 Å². The third kappa shape index (κ3) is 2.53. The molecule has 0 aliphatic rings. The van der Waals surface area contributed by atoms with Crippen molar-refractivity contribution in [3.05, 3.63) is 24.6 Å². The molecule has 16 heavy (non-hydrogen) atoms. The summed E-state index contributed by atoms with van der Waals surface area (Å²) in [5, 5.41) is -0.000000000000000222. The molecule has 0 fully saturated rings. The Morgan fingerprint density at radius 3 is 1.19 bits per heavy atom. The Kier molecular flexibility index (Phi) is 6.38. The molecule has 0 rings (SSSR count). The Labute approximate surface area is 100 Å². The van der Waals surface area contributed by atoms with Crippen LogP contribution in [-0.2, 0) is 17.7 Å². The standard InChI is InChI=1S/C10H22O4Si2/c1-8-15(11-4,12-5)10(3)16(9-2,13-6)14-7/h8-10H,1-2H2,3-7H3. The lowest BCUT2D eigenvalue weighted by atomic mass is 10.9. The Balaban J connectivity index is 5.33. The molecule has 0 amide bonds. The first-order valence-corrected chi connectivity index (χ1v) is 8.94. The number of hydrogen-bond acceptors (Lipinski definition) is 4. The maximum Gasteiger partial charge on any atom is 0.369 e. The molecular formula is C10H22O4Si2. The highest BCUT2D eigenvalue weighted by atomic mass is 28.4. The molecule has 0 saturated heterocycles. The van der Waals surface area contributed by atoms with E-state index in [1.54, 1.807) is 39.8 Å². The van der Waals surface area contributed by atoms with E-state index in [9.17, 15) is 0 Å². The predicted octanol–water partition coefficient (Wildman–Crippen LogP) is 1.84. The van der Waals surface area contributed by atoms with Crippen molar-refractivity contribution in [3.63, 3.8) is 0 Å². The van der Waals surface area contributed by atoms with Gasteiger partial charge in [-0.3, -0.25) is 0 Å². The molecule has 0 saturated carbocycles. The van der Waals surface area contributed by atoms with Crippen molar-refractivity contribution in [2.45, 2.75) is 12.1 Å². The van der Waals surface area contributed by atoms with Gasteiger partial charge in [0.2, 0.25) is 0 Å². The summed E-state index contributed by atoms with van der Waals surface area (Å²) in [7, 11) is 1.48. The van der Waals surface area contributed by atoms with Gasteiger partial charge >= 0.3 is 17.1 Å². The molecule has 94 valence electrons. The average molecular weight is 262 g/mol. The number of hydrogen-bond donors (Lipinski definition) is 0. The first kappa shape index (κ1) is 15.8. The maximum absolute atomic E-state index is 5.54. The highest BCUT2D eigenvalue weighted by Crippen LogP contribution is 2.34. The van der Waals surface area contributed by atoms with Gasteiger partial charge in [0.1, 0.15) is 0 Å². The van der Waals surface area contributed by atoms with Crippen LogP contribution in [0.15, 0.2) is 24.6 Å². The Hall–Kier alpha value is -0.246. The van der Waals surface area contributed by atoms with Crippen LogP contribution in [0, 0.1) is 0 Å². The monoisotopic (exact) mass is 262 g/mol. The summed E-state index contributed by atoms with van der Waals surface area (Å²) in [6.45, 7) is 9.60. The van der Waals surface area contributed by atoms with E-state index in [1.807, 2.05) is 6.92 Å². The lowest BCUT2D eigenvalue weighted by Gasteiger charge is -2.38. The fourth-order valence-corrected chi connectivity index (χ4v) is 9.33.